The van der Waals surface area contributed by atoms with Crippen LogP contribution in [0, 0.1) is 0 Å². The molecule has 23 heavy (non-hydrogen) atoms. The number of carbonyl (C=O) groups is 1. The standard InChI is InChI=1S/C16H16N6O/c1-21-10-9-12(16(21)23)17-13-7-8-14-18-19-15(22(14)20-13)11-5-3-2-4-6-11/h2-8,12H,9-10H2,1H3,(H,17,20). The molecule has 1 saturated heterocycles. The van der Waals surface area contributed by atoms with Crippen molar-refractivity contribution in [2.75, 3.05) is 18.9 Å². The average molecular weight is 308 g/mol. The summed E-state index contributed by atoms with van der Waals surface area (Å²) in [5.41, 5.74) is 1.62. The predicted molar refractivity (Wildman–Crippen MR) is 85.9 cm³/mol. The molecule has 1 fully saturated rings. The number of fused-ring (bicyclic) bond motifs is 1. The molecule has 0 saturated carbocycles. The van der Waals surface area contributed by atoms with Gasteiger partial charge in [0.05, 0.1) is 0 Å². The van der Waals surface area contributed by atoms with Crippen LogP contribution in [0.1, 0.15) is 6.42 Å². The summed E-state index contributed by atoms with van der Waals surface area (Å²) in [5, 5.41) is 16.1. The number of hydrogen-bond acceptors (Lipinski definition) is 5. The van der Waals surface area contributed by atoms with Crippen molar-refractivity contribution in [1.29, 1.82) is 0 Å². The second-order valence-electron chi connectivity index (χ2n) is 5.62. The fourth-order valence-corrected chi connectivity index (χ4v) is 2.77. The molecule has 1 atom stereocenters. The van der Waals surface area contributed by atoms with Crippen molar-refractivity contribution in [2.45, 2.75) is 12.5 Å². The quantitative estimate of drug-likeness (QED) is 0.792. The molecule has 0 bridgehead atoms. The first kappa shape index (κ1) is 13.7. The highest BCUT2D eigenvalue weighted by Gasteiger charge is 2.29. The van der Waals surface area contributed by atoms with Gasteiger partial charge in [0.1, 0.15) is 11.9 Å². The second kappa shape index (κ2) is 5.35. The topological polar surface area (TPSA) is 75.4 Å². The number of aromatic nitrogens is 4. The highest BCUT2D eigenvalue weighted by molar-refractivity contribution is 5.86. The van der Waals surface area contributed by atoms with E-state index >= 15 is 0 Å². The summed E-state index contributed by atoms with van der Waals surface area (Å²) in [7, 11) is 1.81. The Balaban J connectivity index is 1.69. The Labute approximate surface area is 132 Å². The SMILES string of the molecule is CN1CCC(Nc2ccc3nnc(-c4ccccc4)n3n2)C1=O. The van der Waals surface area contributed by atoms with E-state index in [1.165, 1.54) is 0 Å². The summed E-state index contributed by atoms with van der Waals surface area (Å²) in [6, 6.07) is 13.2. The van der Waals surface area contributed by atoms with Gasteiger partial charge in [-0.1, -0.05) is 30.3 Å². The molecule has 0 radical (unpaired) electrons. The van der Waals surface area contributed by atoms with Gasteiger partial charge in [0, 0.05) is 19.2 Å². The number of nitrogens with zero attached hydrogens (tertiary/aromatic N) is 5. The summed E-state index contributed by atoms with van der Waals surface area (Å²) in [5.74, 6) is 1.42. The van der Waals surface area contributed by atoms with Crippen LogP contribution in [0.2, 0.25) is 0 Å². The lowest BCUT2D eigenvalue weighted by Gasteiger charge is -2.12. The summed E-state index contributed by atoms with van der Waals surface area (Å²) in [6.07, 6.45) is 0.781. The maximum Gasteiger partial charge on any atom is 0.244 e. The van der Waals surface area contributed by atoms with Crippen LogP contribution in [0.5, 0.6) is 0 Å². The maximum atomic E-state index is 12.0. The van der Waals surface area contributed by atoms with Crippen molar-refractivity contribution in [3.63, 3.8) is 0 Å². The van der Waals surface area contributed by atoms with Crippen molar-refractivity contribution < 1.29 is 4.79 Å². The summed E-state index contributed by atoms with van der Waals surface area (Å²) < 4.78 is 1.70. The van der Waals surface area contributed by atoms with Gasteiger partial charge >= 0.3 is 0 Å². The van der Waals surface area contributed by atoms with E-state index in [4.69, 9.17) is 0 Å². The monoisotopic (exact) mass is 308 g/mol. The van der Waals surface area contributed by atoms with Crippen molar-refractivity contribution in [2.24, 2.45) is 0 Å². The van der Waals surface area contributed by atoms with E-state index in [2.05, 4.69) is 20.6 Å². The fourth-order valence-electron chi connectivity index (χ4n) is 2.77. The Morgan fingerprint density at radius 1 is 1.13 bits per heavy atom. The van der Waals surface area contributed by atoms with E-state index in [0.717, 1.165) is 18.5 Å². The summed E-state index contributed by atoms with van der Waals surface area (Å²) >= 11 is 0. The molecular weight excluding hydrogens is 292 g/mol. The Bertz CT molecular complexity index is 859. The third-order valence-corrected chi connectivity index (χ3v) is 4.04. The van der Waals surface area contributed by atoms with Crippen LogP contribution in [0.25, 0.3) is 17.0 Å². The third-order valence-electron chi connectivity index (χ3n) is 4.04. The number of amides is 1. The van der Waals surface area contributed by atoms with Crippen LogP contribution in [0.3, 0.4) is 0 Å². The molecule has 7 heteroatoms. The Hall–Kier alpha value is -2.96. The van der Waals surface area contributed by atoms with Crippen LogP contribution in [0.4, 0.5) is 5.82 Å². The van der Waals surface area contributed by atoms with E-state index in [-0.39, 0.29) is 11.9 Å². The van der Waals surface area contributed by atoms with Crippen LogP contribution in [-0.4, -0.2) is 50.3 Å². The summed E-state index contributed by atoms with van der Waals surface area (Å²) in [4.78, 5) is 13.7. The first-order valence-corrected chi connectivity index (χ1v) is 7.52. The lowest BCUT2D eigenvalue weighted by Crippen LogP contribution is -2.31. The minimum absolute atomic E-state index is 0.0962. The van der Waals surface area contributed by atoms with Crippen LogP contribution >= 0.6 is 0 Å². The number of hydrogen-bond donors (Lipinski definition) is 1. The normalized spacial score (nSPS) is 17.9. The highest BCUT2D eigenvalue weighted by atomic mass is 16.2. The minimum Gasteiger partial charge on any atom is -0.357 e. The van der Waals surface area contributed by atoms with E-state index < -0.39 is 0 Å². The Morgan fingerprint density at radius 2 is 1.96 bits per heavy atom. The molecule has 1 unspecified atom stereocenters. The number of carbonyl (C=O) groups excluding carboxylic acids is 1. The minimum atomic E-state index is -0.221. The van der Waals surface area contributed by atoms with Gasteiger partial charge in [0.15, 0.2) is 11.5 Å². The first-order valence-electron chi connectivity index (χ1n) is 7.52. The maximum absolute atomic E-state index is 12.0. The van der Waals surface area contributed by atoms with Crippen LogP contribution < -0.4 is 5.32 Å². The predicted octanol–water partition coefficient (Wildman–Crippen LogP) is 1.43. The van der Waals surface area contributed by atoms with Gasteiger partial charge in [-0.2, -0.15) is 4.52 Å². The number of anilines is 1. The summed E-state index contributed by atoms with van der Waals surface area (Å²) in [6.45, 7) is 0.765. The largest absolute Gasteiger partial charge is 0.357 e. The second-order valence-corrected chi connectivity index (χ2v) is 5.62. The van der Waals surface area contributed by atoms with Crippen LogP contribution in [-0.2, 0) is 4.79 Å². The molecule has 3 aromatic rings. The van der Waals surface area contributed by atoms with Crippen molar-refractivity contribution in [3.8, 4) is 11.4 Å². The number of benzene rings is 1. The lowest BCUT2D eigenvalue weighted by molar-refractivity contribution is -0.127. The van der Waals surface area contributed by atoms with Crippen molar-refractivity contribution in [1.82, 2.24) is 24.7 Å². The van der Waals surface area contributed by atoms with Crippen molar-refractivity contribution >= 4 is 17.4 Å². The molecule has 3 heterocycles. The third kappa shape index (κ3) is 2.40. The van der Waals surface area contributed by atoms with Crippen molar-refractivity contribution in [3.05, 3.63) is 42.5 Å². The average Bonchev–Trinajstić information content (AvgIpc) is 3.14. The zero-order chi connectivity index (χ0) is 15.8. The number of rotatable bonds is 3. The van der Waals surface area contributed by atoms with E-state index in [1.807, 2.05) is 49.5 Å². The van der Waals surface area contributed by atoms with Gasteiger partial charge in [-0.05, 0) is 18.6 Å². The molecule has 0 aliphatic carbocycles. The lowest BCUT2D eigenvalue weighted by atomic mass is 10.2. The molecule has 1 N–H and O–H groups in total. The Morgan fingerprint density at radius 3 is 2.70 bits per heavy atom. The smallest absolute Gasteiger partial charge is 0.244 e. The molecule has 116 valence electrons. The zero-order valence-corrected chi connectivity index (χ0v) is 12.7. The highest BCUT2D eigenvalue weighted by Crippen LogP contribution is 2.19. The van der Waals surface area contributed by atoms with Gasteiger partial charge in [0.2, 0.25) is 5.91 Å². The van der Waals surface area contributed by atoms with E-state index in [1.54, 1.807) is 9.42 Å². The zero-order valence-electron chi connectivity index (χ0n) is 12.7. The number of likely N-dealkylation sites (N-methyl/N-ethyl adjacent to an activating group) is 1. The molecule has 4 rings (SSSR count). The first-order chi connectivity index (χ1) is 11.2. The molecule has 0 spiro atoms. The molecule has 1 aromatic carbocycles. The van der Waals surface area contributed by atoms with Gasteiger partial charge in [-0.3, -0.25) is 4.79 Å². The van der Waals surface area contributed by atoms with Gasteiger partial charge < -0.3 is 10.2 Å². The molecule has 2 aromatic heterocycles. The van der Waals surface area contributed by atoms with E-state index in [0.29, 0.717) is 17.3 Å². The molecule has 1 aliphatic heterocycles. The molecule has 1 aliphatic rings. The van der Waals surface area contributed by atoms with Gasteiger partial charge in [-0.15, -0.1) is 15.3 Å². The molecule has 7 nitrogen and oxygen atoms in total. The Kier molecular flexibility index (Phi) is 3.18. The van der Waals surface area contributed by atoms with Gasteiger partial charge in [0.25, 0.3) is 0 Å². The molecule has 1 amide bonds. The van der Waals surface area contributed by atoms with E-state index in [9.17, 15) is 4.79 Å². The molecular formula is C16H16N6O. The number of likely N-dealkylation sites (tertiary alicyclic amines) is 1. The van der Waals surface area contributed by atoms with Gasteiger partial charge in [-0.25, -0.2) is 0 Å². The van der Waals surface area contributed by atoms with Crippen LogP contribution in [0.15, 0.2) is 42.5 Å². The number of nitrogens with one attached hydrogen (secondary N) is 1. The fraction of sp³-hybridized carbons (Fsp3) is 0.250.